The summed E-state index contributed by atoms with van der Waals surface area (Å²) in [6.45, 7) is 8.24. The number of carbonyl (C=O) groups excluding carboxylic acids is 1. The molecule has 0 amide bonds. The molecule has 1 aromatic carbocycles. The molecule has 0 radical (unpaired) electrons. The number of anilines is 3. The molecule has 210 valence electrons. The molecule has 1 atom stereocenters. The summed E-state index contributed by atoms with van der Waals surface area (Å²) in [5.74, 6) is 0.856. The first-order chi connectivity index (χ1) is 19.4. The second-order valence-electron chi connectivity index (χ2n) is 11.4. The van der Waals surface area contributed by atoms with Crippen molar-refractivity contribution in [1.29, 1.82) is 0 Å². The van der Waals surface area contributed by atoms with Crippen LogP contribution in [0.25, 0.3) is 11.0 Å². The topological polar surface area (TPSA) is 102 Å². The van der Waals surface area contributed by atoms with Gasteiger partial charge in [-0.1, -0.05) is 24.4 Å². The molecule has 0 spiro atoms. The number of hydrogen-bond acceptors (Lipinski definition) is 9. The fourth-order valence-electron chi connectivity index (χ4n) is 6.74. The summed E-state index contributed by atoms with van der Waals surface area (Å²) < 4.78 is 13.3. The molecular weight excluding hydrogens is 532 g/mol. The number of carbonyl (C=O) groups is 1. The third-order valence-corrected chi connectivity index (χ3v) is 9.19. The van der Waals surface area contributed by atoms with Crippen LogP contribution >= 0.6 is 11.6 Å². The van der Waals surface area contributed by atoms with E-state index >= 15 is 0 Å². The Labute approximate surface area is 237 Å². The molecule has 11 heteroatoms. The minimum atomic E-state index is -0.265. The molecule has 5 heterocycles. The van der Waals surface area contributed by atoms with Gasteiger partial charge in [0.15, 0.2) is 5.78 Å². The van der Waals surface area contributed by atoms with Crippen LogP contribution in [-0.4, -0.2) is 76.8 Å². The van der Waals surface area contributed by atoms with E-state index in [1.807, 2.05) is 12.1 Å². The molecule has 1 N–H and O–H groups in total. The van der Waals surface area contributed by atoms with Crippen molar-refractivity contribution in [2.45, 2.75) is 57.7 Å². The van der Waals surface area contributed by atoms with E-state index < -0.39 is 0 Å². The van der Waals surface area contributed by atoms with Crippen LogP contribution in [0.4, 0.5) is 17.3 Å². The van der Waals surface area contributed by atoms with Gasteiger partial charge in [0.2, 0.25) is 5.95 Å². The highest BCUT2D eigenvalue weighted by atomic mass is 35.5. The van der Waals surface area contributed by atoms with Crippen molar-refractivity contribution in [3.63, 3.8) is 0 Å². The number of fused-ring (bicyclic) bond motifs is 4. The first-order valence-electron chi connectivity index (χ1n) is 14.1. The highest BCUT2D eigenvalue weighted by molar-refractivity contribution is 6.34. The zero-order valence-corrected chi connectivity index (χ0v) is 23.5. The molecule has 1 saturated carbocycles. The lowest BCUT2D eigenvalue weighted by Crippen LogP contribution is -2.62. The number of halogens is 1. The zero-order chi connectivity index (χ0) is 27.5. The number of ketones is 1. The molecule has 1 aliphatic carbocycles. The van der Waals surface area contributed by atoms with E-state index in [0.29, 0.717) is 45.9 Å². The Morgan fingerprint density at radius 2 is 1.90 bits per heavy atom. The van der Waals surface area contributed by atoms with Crippen molar-refractivity contribution in [3.05, 3.63) is 44.8 Å². The summed E-state index contributed by atoms with van der Waals surface area (Å²) in [5.41, 5.74) is 2.77. The monoisotopic (exact) mass is 564 g/mol. The van der Waals surface area contributed by atoms with Crippen molar-refractivity contribution < 1.29 is 14.3 Å². The number of benzene rings is 1. The van der Waals surface area contributed by atoms with E-state index in [9.17, 15) is 9.59 Å². The summed E-state index contributed by atoms with van der Waals surface area (Å²) in [6.07, 6.45) is 5.59. The van der Waals surface area contributed by atoms with Gasteiger partial charge in [0.1, 0.15) is 18.0 Å². The van der Waals surface area contributed by atoms with Gasteiger partial charge in [-0.2, -0.15) is 4.98 Å². The fourth-order valence-corrected chi connectivity index (χ4v) is 7.06. The predicted molar refractivity (Wildman–Crippen MR) is 154 cm³/mol. The Balaban J connectivity index is 1.21. The van der Waals surface area contributed by atoms with E-state index in [2.05, 4.69) is 20.1 Å². The van der Waals surface area contributed by atoms with Crippen LogP contribution < -0.4 is 20.5 Å². The number of nitrogens with zero attached hydrogens (tertiary/aromatic N) is 5. The van der Waals surface area contributed by atoms with Crippen molar-refractivity contribution in [2.24, 2.45) is 0 Å². The minimum absolute atomic E-state index is 0.0215. The van der Waals surface area contributed by atoms with Crippen LogP contribution in [0.1, 0.15) is 54.6 Å². The molecule has 7 rings (SSSR count). The Morgan fingerprint density at radius 3 is 2.62 bits per heavy atom. The van der Waals surface area contributed by atoms with Crippen molar-refractivity contribution >= 4 is 45.7 Å². The number of aryl methyl sites for hydroxylation is 1. The average Bonchev–Trinajstić information content (AvgIpc) is 3.41. The smallest absolute Gasteiger partial charge is 0.263 e. The Hall–Kier alpha value is -3.21. The van der Waals surface area contributed by atoms with Gasteiger partial charge in [-0.05, 0) is 38.3 Å². The van der Waals surface area contributed by atoms with Crippen molar-refractivity contribution in [2.75, 3.05) is 49.7 Å². The largest absolute Gasteiger partial charge is 0.489 e. The standard InChI is InChI=1S/C29H33ClN6O4/c1-16-22-11-31-29(33-27(22)36(19-5-3-4-6-19)28(38)25(16)17(2)37)32-18-9-23(30)26-24(10-18)40-15-20-12-34(7-8-35(20)26)21-13-39-14-21/h9-11,19-21H,3-8,12-15H2,1-2H3,(H,31,32,33)/t20-/m0/s1. The molecule has 3 aromatic rings. The van der Waals surface area contributed by atoms with Crippen LogP contribution in [0.15, 0.2) is 23.1 Å². The van der Waals surface area contributed by atoms with Crippen molar-refractivity contribution in [1.82, 2.24) is 19.4 Å². The molecule has 4 aliphatic rings. The number of rotatable bonds is 5. The van der Waals surface area contributed by atoms with Gasteiger partial charge in [-0.25, -0.2) is 4.98 Å². The average molecular weight is 565 g/mol. The number of hydrogen-bond donors (Lipinski definition) is 1. The summed E-state index contributed by atoms with van der Waals surface area (Å²) in [4.78, 5) is 40.1. The van der Waals surface area contributed by atoms with Crippen LogP contribution in [0, 0.1) is 6.92 Å². The normalized spacial score (nSPS) is 21.6. The number of ether oxygens (including phenoxy) is 2. The molecule has 2 aromatic heterocycles. The van der Waals surface area contributed by atoms with Crippen LogP contribution in [0.2, 0.25) is 5.02 Å². The molecule has 3 fully saturated rings. The van der Waals surface area contributed by atoms with E-state index in [1.165, 1.54) is 6.92 Å². The minimum Gasteiger partial charge on any atom is -0.489 e. The molecular formula is C29H33ClN6O4. The highest BCUT2D eigenvalue weighted by Crippen LogP contribution is 2.44. The maximum absolute atomic E-state index is 13.5. The first kappa shape index (κ1) is 25.7. The van der Waals surface area contributed by atoms with Crippen LogP contribution in [-0.2, 0) is 4.74 Å². The van der Waals surface area contributed by atoms with Crippen LogP contribution in [0.5, 0.6) is 5.75 Å². The number of piperazine rings is 1. The fraction of sp³-hybridized carbons (Fsp3) is 0.517. The van der Waals surface area contributed by atoms with E-state index in [0.717, 1.165) is 70.0 Å². The molecule has 0 unspecified atom stereocenters. The van der Waals surface area contributed by atoms with Gasteiger partial charge >= 0.3 is 0 Å². The first-order valence-corrected chi connectivity index (χ1v) is 14.5. The Bertz CT molecular complexity index is 1560. The summed E-state index contributed by atoms with van der Waals surface area (Å²) in [7, 11) is 0. The van der Waals surface area contributed by atoms with Gasteiger partial charge < -0.3 is 19.7 Å². The van der Waals surface area contributed by atoms with E-state index in [4.69, 9.17) is 26.1 Å². The number of Topliss-reactive ketones (excluding diaryl/α,β-unsaturated/α-hetero) is 1. The number of pyridine rings is 1. The molecule has 0 bridgehead atoms. The van der Waals surface area contributed by atoms with E-state index in [-0.39, 0.29) is 29.0 Å². The lowest BCUT2D eigenvalue weighted by Gasteiger charge is -2.49. The van der Waals surface area contributed by atoms with Gasteiger partial charge in [0, 0.05) is 49.0 Å². The van der Waals surface area contributed by atoms with Gasteiger partial charge in [-0.3, -0.25) is 19.1 Å². The maximum Gasteiger partial charge on any atom is 0.263 e. The molecule has 40 heavy (non-hydrogen) atoms. The highest BCUT2D eigenvalue weighted by Gasteiger charge is 2.38. The Morgan fingerprint density at radius 1 is 1.10 bits per heavy atom. The second-order valence-corrected chi connectivity index (χ2v) is 11.8. The summed E-state index contributed by atoms with van der Waals surface area (Å²) in [6, 6.07) is 4.59. The SMILES string of the molecule is CC(=O)c1c(C)c2cnc(Nc3cc(Cl)c4c(c3)OC[C@@H]3CN(C5COC5)CCN43)nc2n(C2CCCC2)c1=O. The zero-order valence-electron chi connectivity index (χ0n) is 22.8. The third-order valence-electron chi connectivity index (χ3n) is 8.90. The molecule has 2 saturated heterocycles. The Kier molecular flexibility index (Phi) is 6.44. The van der Waals surface area contributed by atoms with Crippen LogP contribution in [0.3, 0.4) is 0 Å². The van der Waals surface area contributed by atoms with Gasteiger partial charge in [0.05, 0.1) is 41.6 Å². The third kappa shape index (κ3) is 4.24. The maximum atomic E-state index is 13.5. The second kappa shape index (κ2) is 10.0. The van der Waals surface area contributed by atoms with E-state index in [1.54, 1.807) is 17.7 Å². The van der Waals surface area contributed by atoms with Gasteiger partial charge in [0.25, 0.3) is 5.56 Å². The predicted octanol–water partition coefficient (Wildman–Crippen LogP) is 4.10. The number of aromatic nitrogens is 3. The number of nitrogens with one attached hydrogen (secondary N) is 1. The van der Waals surface area contributed by atoms with Crippen molar-refractivity contribution in [3.8, 4) is 5.75 Å². The summed E-state index contributed by atoms with van der Waals surface area (Å²) >= 11 is 6.85. The summed E-state index contributed by atoms with van der Waals surface area (Å²) in [5, 5.41) is 4.60. The lowest BCUT2D eigenvalue weighted by molar-refractivity contribution is -0.0715. The lowest BCUT2D eigenvalue weighted by atomic mass is 10.0. The molecule has 10 nitrogen and oxygen atoms in total. The van der Waals surface area contributed by atoms with Gasteiger partial charge in [-0.15, -0.1) is 0 Å². The quantitative estimate of drug-likeness (QED) is 0.459. The molecule has 3 aliphatic heterocycles.